The molecule has 2 saturated heterocycles. The van der Waals surface area contributed by atoms with Crippen LogP contribution in [0.3, 0.4) is 0 Å². The molecule has 11 heteroatoms. The Hall–Kier alpha value is -5.91. The molecule has 0 bridgehead atoms. The number of aromatic nitrogens is 4. The summed E-state index contributed by atoms with van der Waals surface area (Å²) in [6, 6.07) is 30.3. The minimum atomic E-state index is -0.440. The van der Waals surface area contributed by atoms with Gasteiger partial charge in [-0.2, -0.15) is 0 Å². The molecule has 6 aromatic rings. The molecule has 0 radical (unpaired) electrons. The second-order valence-electron chi connectivity index (χ2n) is 16.2. The van der Waals surface area contributed by atoms with Gasteiger partial charge in [0, 0.05) is 29.9 Å². The van der Waals surface area contributed by atoms with Gasteiger partial charge in [-0.3, -0.25) is 9.59 Å². The first-order valence-electron chi connectivity index (χ1n) is 21.7. The van der Waals surface area contributed by atoms with Crippen molar-refractivity contribution in [1.82, 2.24) is 40.4 Å². The van der Waals surface area contributed by atoms with E-state index in [2.05, 4.69) is 43.8 Å². The SMILES string of the molecule is CCN[C@@H](C(=O)N1CCC[C@H]1c1ncc(-c2ccc(-c3ccc4c(c3)CCCc3[nH]c([C@@H]5CCCN5C(=O)[C@H](NCC)c5ccccc5)nc3-4)cc2F)[nH]1)c1ccccc1. The van der Waals surface area contributed by atoms with E-state index < -0.39 is 12.1 Å². The van der Waals surface area contributed by atoms with Gasteiger partial charge in [-0.1, -0.05) is 98.8 Å². The Morgan fingerprint density at radius 3 is 1.90 bits per heavy atom. The van der Waals surface area contributed by atoms with Crippen LogP contribution in [0.1, 0.15) is 104 Å². The second kappa shape index (κ2) is 17.4. The van der Waals surface area contributed by atoms with Crippen LogP contribution in [0.15, 0.2) is 103 Å². The van der Waals surface area contributed by atoms with Crippen LogP contribution in [0.2, 0.25) is 0 Å². The van der Waals surface area contributed by atoms with E-state index in [-0.39, 0.29) is 29.7 Å². The van der Waals surface area contributed by atoms with Crippen LogP contribution in [0.5, 0.6) is 0 Å². The molecule has 0 saturated carbocycles. The summed E-state index contributed by atoms with van der Waals surface area (Å²) >= 11 is 0. The fraction of sp³-hybridized carbons (Fsp3) is 0.347. The lowest BCUT2D eigenvalue weighted by Gasteiger charge is -2.28. The Balaban J connectivity index is 0.925. The van der Waals surface area contributed by atoms with E-state index in [0.717, 1.165) is 90.0 Å². The molecule has 2 fully saturated rings. The molecule has 4 atom stereocenters. The van der Waals surface area contributed by atoms with E-state index >= 15 is 4.39 Å². The molecule has 60 heavy (non-hydrogen) atoms. The van der Waals surface area contributed by atoms with Crippen molar-refractivity contribution in [3.05, 3.63) is 143 Å². The number of imidazole rings is 2. The lowest BCUT2D eigenvalue weighted by atomic mass is 9.95. The summed E-state index contributed by atoms with van der Waals surface area (Å²) in [6.45, 7) is 6.74. The Kier molecular flexibility index (Phi) is 11.4. The van der Waals surface area contributed by atoms with Crippen LogP contribution in [0.25, 0.3) is 33.6 Å². The van der Waals surface area contributed by atoms with Crippen molar-refractivity contribution in [2.75, 3.05) is 26.2 Å². The number of hydrogen-bond acceptors (Lipinski definition) is 6. The zero-order chi connectivity index (χ0) is 41.2. The van der Waals surface area contributed by atoms with E-state index in [1.807, 2.05) is 96.4 Å². The van der Waals surface area contributed by atoms with Crippen LogP contribution >= 0.6 is 0 Å². The maximum atomic E-state index is 16.1. The van der Waals surface area contributed by atoms with E-state index in [9.17, 15) is 9.59 Å². The Morgan fingerprint density at radius 2 is 1.30 bits per heavy atom. The number of aryl methyl sites for hydroxylation is 2. The minimum absolute atomic E-state index is 0.0217. The van der Waals surface area contributed by atoms with Crippen LogP contribution in [0.4, 0.5) is 4.39 Å². The van der Waals surface area contributed by atoms with Crippen molar-refractivity contribution in [1.29, 1.82) is 0 Å². The van der Waals surface area contributed by atoms with Gasteiger partial charge in [0.2, 0.25) is 11.8 Å². The van der Waals surface area contributed by atoms with Crippen LogP contribution in [-0.2, 0) is 22.4 Å². The van der Waals surface area contributed by atoms with Crippen LogP contribution in [0, 0.1) is 5.82 Å². The van der Waals surface area contributed by atoms with E-state index in [4.69, 9.17) is 4.98 Å². The number of halogens is 1. The smallest absolute Gasteiger partial charge is 0.244 e. The third-order valence-corrected chi connectivity index (χ3v) is 12.5. The van der Waals surface area contributed by atoms with Gasteiger partial charge < -0.3 is 30.4 Å². The summed E-state index contributed by atoms with van der Waals surface area (Å²) in [5, 5.41) is 6.78. The van der Waals surface area contributed by atoms with Crippen molar-refractivity contribution in [2.45, 2.75) is 83.0 Å². The molecule has 1 aliphatic carbocycles. The molecule has 2 aromatic heterocycles. The van der Waals surface area contributed by atoms with Gasteiger partial charge in [0.05, 0.1) is 29.7 Å². The van der Waals surface area contributed by atoms with Gasteiger partial charge in [0.1, 0.15) is 29.5 Å². The lowest BCUT2D eigenvalue weighted by molar-refractivity contribution is -0.135. The van der Waals surface area contributed by atoms with Crippen molar-refractivity contribution >= 4 is 11.8 Å². The third-order valence-electron chi connectivity index (χ3n) is 12.5. The van der Waals surface area contributed by atoms with Crippen LogP contribution in [-0.4, -0.2) is 67.7 Å². The predicted octanol–water partition coefficient (Wildman–Crippen LogP) is 8.79. The molecular weight excluding hydrogens is 752 g/mol. The molecule has 0 spiro atoms. The summed E-state index contributed by atoms with van der Waals surface area (Å²) in [7, 11) is 0. The molecule has 308 valence electrons. The lowest BCUT2D eigenvalue weighted by Crippen LogP contribution is -2.40. The maximum Gasteiger partial charge on any atom is 0.244 e. The number of amides is 2. The Labute approximate surface area is 351 Å². The minimum Gasteiger partial charge on any atom is -0.344 e. The van der Waals surface area contributed by atoms with E-state index in [1.165, 1.54) is 5.56 Å². The summed E-state index contributed by atoms with van der Waals surface area (Å²) < 4.78 is 16.1. The first-order valence-corrected chi connectivity index (χ1v) is 21.7. The largest absolute Gasteiger partial charge is 0.344 e. The normalized spacial score (nSPS) is 18.5. The molecule has 3 aliphatic rings. The van der Waals surface area contributed by atoms with Gasteiger partial charge >= 0.3 is 0 Å². The highest BCUT2D eigenvalue weighted by atomic mass is 19.1. The van der Waals surface area contributed by atoms with Crippen molar-refractivity contribution in [3.8, 4) is 33.6 Å². The number of benzene rings is 4. The zero-order valence-corrected chi connectivity index (χ0v) is 34.4. The summed E-state index contributed by atoms with van der Waals surface area (Å²) in [4.78, 5) is 48.8. The zero-order valence-electron chi connectivity index (χ0n) is 34.4. The monoisotopic (exact) mass is 804 g/mol. The fourth-order valence-corrected chi connectivity index (χ4v) is 9.57. The number of nitrogens with zero attached hydrogens (tertiary/aromatic N) is 4. The highest BCUT2D eigenvalue weighted by Crippen LogP contribution is 2.40. The van der Waals surface area contributed by atoms with Crippen molar-refractivity contribution in [3.63, 3.8) is 0 Å². The molecule has 9 rings (SSSR count). The molecule has 10 nitrogen and oxygen atoms in total. The molecule has 4 aromatic carbocycles. The summed E-state index contributed by atoms with van der Waals surface area (Å²) in [5.74, 6) is 1.28. The molecule has 4 heterocycles. The highest BCUT2D eigenvalue weighted by molar-refractivity contribution is 5.85. The third kappa shape index (κ3) is 7.68. The maximum absolute atomic E-state index is 16.1. The molecule has 4 N–H and O–H groups in total. The number of carbonyl (C=O) groups excluding carboxylic acids is 2. The van der Waals surface area contributed by atoms with Gasteiger partial charge in [-0.25, -0.2) is 14.4 Å². The van der Waals surface area contributed by atoms with Crippen molar-refractivity contribution < 1.29 is 14.0 Å². The Morgan fingerprint density at radius 1 is 0.717 bits per heavy atom. The first-order chi connectivity index (χ1) is 29.4. The average Bonchev–Trinajstić information content (AvgIpc) is 4.12. The topological polar surface area (TPSA) is 122 Å². The van der Waals surface area contributed by atoms with Crippen LogP contribution < -0.4 is 10.6 Å². The number of nitrogens with one attached hydrogen (secondary N) is 4. The number of hydrogen-bond donors (Lipinski definition) is 4. The fourth-order valence-electron chi connectivity index (χ4n) is 9.57. The second-order valence-corrected chi connectivity index (χ2v) is 16.2. The Bertz CT molecular complexity index is 2460. The average molecular weight is 805 g/mol. The molecular formula is C49H53FN8O2. The van der Waals surface area contributed by atoms with E-state index in [1.54, 1.807) is 12.3 Å². The van der Waals surface area contributed by atoms with E-state index in [0.29, 0.717) is 43.3 Å². The number of likely N-dealkylation sites (N-methyl/N-ethyl adjacent to an activating group) is 2. The number of aromatic amines is 2. The standard InChI is InChI=1S/C49H53FN8O2/c1-3-51-43(31-14-7-5-8-15-31)48(59)57-26-12-20-41(57)46-53-30-40(55-46)37-25-23-34(29-38(37)50)33-22-24-36-35(28-33)18-11-19-39-45(36)56-47(54-39)42-21-13-27-58(42)49(60)44(52-4-2)32-16-9-6-10-17-32/h5-10,14-17,22-25,28-30,41-44,51-52H,3-4,11-13,18-21,26-27H2,1-2H3,(H,53,55)(H,54,56)/t41-,42-,43+,44+/m0/s1. The number of H-pyrrole nitrogens is 2. The van der Waals surface area contributed by atoms with Gasteiger partial charge in [-0.15, -0.1) is 0 Å². The summed E-state index contributed by atoms with van der Waals surface area (Å²) in [6.07, 6.45) is 7.84. The van der Waals surface area contributed by atoms with Gasteiger partial charge in [0.15, 0.2) is 0 Å². The molecule has 2 aliphatic heterocycles. The van der Waals surface area contributed by atoms with Gasteiger partial charge in [-0.05, 0) is 98.0 Å². The molecule has 2 amide bonds. The summed E-state index contributed by atoms with van der Waals surface area (Å²) in [5.41, 5.74) is 8.99. The predicted molar refractivity (Wildman–Crippen MR) is 232 cm³/mol. The number of rotatable bonds is 12. The van der Waals surface area contributed by atoms with Crippen molar-refractivity contribution in [2.24, 2.45) is 0 Å². The number of carbonyl (C=O) groups is 2. The van der Waals surface area contributed by atoms with Gasteiger partial charge in [0.25, 0.3) is 0 Å². The quantitative estimate of drug-likeness (QED) is 0.0982. The first kappa shape index (κ1) is 39.5. The number of fused-ring (bicyclic) bond motifs is 3. The molecule has 0 unspecified atom stereocenters. The number of likely N-dealkylation sites (tertiary alicyclic amines) is 2. The highest BCUT2D eigenvalue weighted by Gasteiger charge is 2.38.